The Kier molecular flexibility index (Phi) is 13.4. The minimum Gasteiger partial charge on any atom is -0.504 e. The molecule has 0 bridgehead atoms. The number of aromatic hydroxyl groups is 1. The molecule has 0 unspecified atom stereocenters. The van der Waals surface area contributed by atoms with E-state index in [0.29, 0.717) is 5.75 Å². The molecule has 0 aliphatic carbocycles. The van der Waals surface area contributed by atoms with Gasteiger partial charge in [-0.3, -0.25) is 0 Å². The summed E-state index contributed by atoms with van der Waals surface area (Å²) in [6, 6.07) is 62.2. The molecule has 0 spiro atoms. The van der Waals surface area contributed by atoms with E-state index in [1.807, 2.05) is 115 Å². The standard InChI is InChI=1S/C18H15OP.2C11H8N.Ir/c19-17-13-7-8-14-18(17)20(15-9-3-1-4-10-15)16-11-5-2-6-12-16;2*1-2-6-10(7-3-1)11-8-4-5-9-12-11;/h1-14,19H;2*1-6,8-9H;/q;2*-1;/p+1. The minimum absolute atomic E-state index is 0. The molecule has 5 aromatic carbocycles. The SMILES string of the molecule is Oc1ccccc1[PH+](c1ccccc1)c1ccccc1.[Ir].[c-]1ccccc1-c1ccccn1.[c-]1ccccc1-c1ccccn1. The molecule has 0 saturated heterocycles. The van der Waals surface area contributed by atoms with Gasteiger partial charge in [0, 0.05) is 32.5 Å². The zero-order valence-corrected chi connectivity index (χ0v) is 27.9. The maximum atomic E-state index is 10.2. The van der Waals surface area contributed by atoms with Crippen LogP contribution < -0.4 is 15.9 Å². The third-order valence-electron chi connectivity index (χ3n) is 6.60. The third kappa shape index (κ3) is 9.89. The van der Waals surface area contributed by atoms with Gasteiger partial charge in [0.15, 0.2) is 5.75 Å². The van der Waals surface area contributed by atoms with Crippen molar-refractivity contribution in [1.29, 1.82) is 0 Å². The van der Waals surface area contributed by atoms with E-state index in [0.717, 1.165) is 27.8 Å². The average Bonchev–Trinajstić information content (AvgIpc) is 3.12. The summed E-state index contributed by atoms with van der Waals surface area (Å²) >= 11 is 0. The smallest absolute Gasteiger partial charge is 0.158 e. The van der Waals surface area contributed by atoms with E-state index in [1.165, 1.54) is 10.6 Å². The van der Waals surface area contributed by atoms with Crippen molar-refractivity contribution in [2.45, 2.75) is 0 Å². The Hall–Kier alpha value is -4.72. The van der Waals surface area contributed by atoms with Crippen LogP contribution in [0, 0.1) is 12.1 Å². The Balaban J connectivity index is 0.000000160. The van der Waals surface area contributed by atoms with E-state index in [2.05, 4.69) is 70.6 Å². The van der Waals surface area contributed by atoms with E-state index >= 15 is 0 Å². The van der Waals surface area contributed by atoms with Crippen LogP contribution in [0.25, 0.3) is 22.5 Å². The summed E-state index contributed by atoms with van der Waals surface area (Å²) in [4.78, 5) is 8.44. The summed E-state index contributed by atoms with van der Waals surface area (Å²) < 4.78 is 0. The van der Waals surface area contributed by atoms with Gasteiger partial charge in [0.05, 0.1) is 0 Å². The fraction of sp³-hybridized carbons (Fsp3) is 0. The zero-order valence-electron chi connectivity index (χ0n) is 24.5. The Morgan fingerprint density at radius 3 is 1.27 bits per heavy atom. The molecule has 45 heavy (non-hydrogen) atoms. The predicted octanol–water partition coefficient (Wildman–Crippen LogP) is 7.98. The molecular formula is C40H32IrN2OP-. The first-order chi connectivity index (χ1) is 21.8. The van der Waals surface area contributed by atoms with Gasteiger partial charge in [-0.2, -0.15) is 0 Å². The van der Waals surface area contributed by atoms with Crippen LogP contribution in [-0.4, -0.2) is 15.1 Å². The maximum absolute atomic E-state index is 10.2. The first kappa shape index (κ1) is 33.2. The van der Waals surface area contributed by atoms with Crippen molar-refractivity contribution in [3.05, 3.63) is 194 Å². The van der Waals surface area contributed by atoms with Gasteiger partial charge in [0.25, 0.3) is 0 Å². The van der Waals surface area contributed by atoms with Crippen molar-refractivity contribution in [2.24, 2.45) is 0 Å². The van der Waals surface area contributed by atoms with E-state index in [4.69, 9.17) is 0 Å². The van der Waals surface area contributed by atoms with Gasteiger partial charge in [0.1, 0.15) is 23.8 Å². The second-order valence-electron chi connectivity index (χ2n) is 9.61. The number of para-hydroxylation sites is 1. The van der Waals surface area contributed by atoms with Crippen molar-refractivity contribution in [2.75, 3.05) is 0 Å². The van der Waals surface area contributed by atoms with Crippen molar-refractivity contribution in [3.63, 3.8) is 0 Å². The summed E-state index contributed by atoms with van der Waals surface area (Å²) in [5.74, 6) is 0.383. The van der Waals surface area contributed by atoms with Crippen LogP contribution in [0.15, 0.2) is 182 Å². The maximum Gasteiger partial charge on any atom is 0.158 e. The number of phenolic OH excluding ortho intramolecular Hbond substituents is 1. The van der Waals surface area contributed by atoms with Crippen molar-refractivity contribution >= 4 is 23.8 Å². The van der Waals surface area contributed by atoms with Gasteiger partial charge >= 0.3 is 0 Å². The number of benzene rings is 5. The summed E-state index contributed by atoms with van der Waals surface area (Å²) in [6.45, 7) is 0. The van der Waals surface area contributed by atoms with Crippen molar-refractivity contribution < 1.29 is 25.2 Å². The molecular weight excluding hydrogens is 748 g/mol. The summed E-state index contributed by atoms with van der Waals surface area (Å²) in [7, 11) is -1.16. The molecule has 0 amide bonds. The number of pyridine rings is 2. The van der Waals surface area contributed by atoms with Crippen LogP contribution in [0.3, 0.4) is 0 Å². The van der Waals surface area contributed by atoms with Gasteiger partial charge in [-0.25, -0.2) is 0 Å². The molecule has 0 aliphatic rings. The quantitative estimate of drug-likeness (QED) is 0.143. The first-order valence-electron chi connectivity index (χ1n) is 14.3. The van der Waals surface area contributed by atoms with Crippen LogP contribution in [0.1, 0.15) is 0 Å². The Morgan fingerprint density at radius 2 is 0.867 bits per heavy atom. The number of hydrogen-bond donors (Lipinski definition) is 1. The predicted molar refractivity (Wildman–Crippen MR) is 185 cm³/mol. The molecule has 2 aromatic heterocycles. The second-order valence-corrected chi connectivity index (χ2v) is 12.1. The monoisotopic (exact) mass is 780 g/mol. The average molecular weight is 780 g/mol. The molecule has 2 heterocycles. The number of rotatable bonds is 5. The van der Waals surface area contributed by atoms with Gasteiger partial charge < -0.3 is 15.1 Å². The Morgan fingerprint density at radius 1 is 0.444 bits per heavy atom. The third-order valence-corrected chi connectivity index (χ3v) is 9.38. The van der Waals surface area contributed by atoms with E-state index in [9.17, 15) is 5.11 Å². The normalized spacial score (nSPS) is 9.89. The van der Waals surface area contributed by atoms with Crippen molar-refractivity contribution in [1.82, 2.24) is 9.97 Å². The minimum atomic E-state index is -1.16. The molecule has 0 fully saturated rings. The van der Waals surface area contributed by atoms with Crippen LogP contribution >= 0.6 is 7.92 Å². The largest absolute Gasteiger partial charge is 0.504 e. The number of phenols is 1. The van der Waals surface area contributed by atoms with Crippen LogP contribution in [0.5, 0.6) is 5.75 Å². The molecule has 1 radical (unpaired) electrons. The van der Waals surface area contributed by atoms with Crippen LogP contribution in [-0.2, 0) is 20.1 Å². The van der Waals surface area contributed by atoms with Gasteiger partial charge in [-0.05, 0) is 59.9 Å². The Labute approximate surface area is 280 Å². The van der Waals surface area contributed by atoms with Gasteiger partial charge in [-0.15, -0.1) is 71.8 Å². The fourth-order valence-electron chi connectivity index (χ4n) is 4.52. The zero-order chi connectivity index (χ0) is 30.2. The van der Waals surface area contributed by atoms with E-state index in [1.54, 1.807) is 18.5 Å². The number of aromatic nitrogens is 2. The van der Waals surface area contributed by atoms with Gasteiger partial charge in [-0.1, -0.05) is 72.8 Å². The molecule has 0 atom stereocenters. The Bertz CT molecular complexity index is 1600. The van der Waals surface area contributed by atoms with Crippen molar-refractivity contribution in [3.8, 4) is 28.3 Å². The second kappa shape index (κ2) is 18.2. The van der Waals surface area contributed by atoms with Crippen LogP contribution in [0.4, 0.5) is 0 Å². The summed E-state index contributed by atoms with van der Waals surface area (Å²) in [5, 5.41) is 13.8. The molecule has 0 aliphatic heterocycles. The molecule has 7 rings (SSSR count). The topological polar surface area (TPSA) is 46.0 Å². The molecule has 223 valence electrons. The molecule has 7 aromatic rings. The summed E-state index contributed by atoms with van der Waals surface area (Å²) in [6.07, 6.45) is 3.58. The molecule has 3 nitrogen and oxygen atoms in total. The van der Waals surface area contributed by atoms with Gasteiger partial charge in [0.2, 0.25) is 0 Å². The first-order valence-corrected chi connectivity index (χ1v) is 15.8. The van der Waals surface area contributed by atoms with Crippen LogP contribution in [0.2, 0.25) is 0 Å². The number of nitrogens with zero attached hydrogens (tertiary/aromatic N) is 2. The van der Waals surface area contributed by atoms with E-state index in [-0.39, 0.29) is 20.1 Å². The fourth-order valence-corrected chi connectivity index (χ4v) is 7.13. The number of hydrogen-bond acceptors (Lipinski definition) is 3. The molecule has 0 saturated carbocycles. The molecule has 1 N–H and O–H groups in total. The van der Waals surface area contributed by atoms with E-state index < -0.39 is 7.92 Å². The molecule has 5 heteroatoms. The summed E-state index contributed by atoms with van der Waals surface area (Å²) in [5.41, 5.74) is 4.02.